The second-order valence-corrected chi connectivity index (χ2v) is 16.9. The van der Waals surface area contributed by atoms with Crippen LogP contribution in [0.3, 0.4) is 0 Å². The van der Waals surface area contributed by atoms with Crippen molar-refractivity contribution in [2.45, 2.75) is 43.8 Å². The summed E-state index contributed by atoms with van der Waals surface area (Å²) in [5, 5.41) is 4.42. The number of pyridine rings is 1. The number of nitrogens with zero attached hydrogens (tertiary/aromatic N) is 3. The van der Waals surface area contributed by atoms with E-state index in [1.165, 1.54) is 28.9 Å². The second kappa shape index (κ2) is 9.28. The van der Waals surface area contributed by atoms with Crippen LogP contribution in [0.2, 0.25) is 23.3 Å². The third-order valence-electron chi connectivity index (χ3n) is 5.77. The molecule has 8 nitrogen and oxygen atoms in total. The number of amides is 1. The van der Waals surface area contributed by atoms with E-state index in [1.807, 2.05) is 4.72 Å². The highest BCUT2D eigenvalue weighted by atomic mass is 35.5. The monoisotopic (exact) mass is 506 g/mol. The third kappa shape index (κ3) is 5.81. The molecule has 1 aromatic carbocycles. The minimum atomic E-state index is -4.03. The molecule has 176 valence electrons. The van der Waals surface area contributed by atoms with E-state index in [4.69, 9.17) is 16.3 Å². The molecule has 0 spiro atoms. The van der Waals surface area contributed by atoms with Crippen molar-refractivity contribution in [2.24, 2.45) is 0 Å². The Morgan fingerprint density at radius 2 is 1.79 bits per heavy atom. The predicted octanol–water partition coefficient (Wildman–Crippen LogP) is 4.47. The van der Waals surface area contributed by atoms with Crippen molar-refractivity contribution in [2.75, 3.05) is 6.23 Å². The zero-order valence-corrected chi connectivity index (χ0v) is 21.7. The molecule has 0 unspecified atom stereocenters. The zero-order valence-electron chi connectivity index (χ0n) is 19.2. The van der Waals surface area contributed by atoms with E-state index < -0.39 is 24.0 Å². The molecule has 0 saturated carbocycles. The van der Waals surface area contributed by atoms with Crippen LogP contribution in [0.25, 0.3) is 5.82 Å². The summed E-state index contributed by atoms with van der Waals surface area (Å²) in [7, 11) is -5.66. The van der Waals surface area contributed by atoms with Gasteiger partial charge in [-0.25, -0.2) is 22.8 Å². The van der Waals surface area contributed by atoms with Crippen LogP contribution in [0.15, 0.2) is 59.6 Å². The lowest BCUT2D eigenvalue weighted by Crippen LogP contribution is -2.43. The summed E-state index contributed by atoms with van der Waals surface area (Å²) in [5.41, 5.74) is -0.0681. The number of nitrogens with one attached hydrogen (secondary N) is 1. The van der Waals surface area contributed by atoms with Crippen molar-refractivity contribution in [3.8, 4) is 11.7 Å². The summed E-state index contributed by atoms with van der Waals surface area (Å²) >= 11 is 6.19. The molecular formula is C22H27ClN4O4SSi. The Balaban J connectivity index is 1.73. The lowest BCUT2D eigenvalue weighted by Gasteiger charge is -2.35. The molecule has 3 aromatic rings. The largest absolute Gasteiger partial charge is 0.480 e. The Bertz CT molecular complexity index is 1250. The van der Waals surface area contributed by atoms with Gasteiger partial charge in [-0.15, -0.1) is 5.10 Å². The molecule has 0 bridgehead atoms. The van der Waals surface area contributed by atoms with Crippen molar-refractivity contribution in [1.82, 2.24) is 19.5 Å². The molecule has 2 aromatic heterocycles. The average Bonchev–Trinajstić information content (AvgIpc) is 3.21. The maximum Gasteiger partial charge on any atom is 0.268 e. The van der Waals surface area contributed by atoms with E-state index in [9.17, 15) is 13.2 Å². The maximum absolute atomic E-state index is 12.5. The van der Waals surface area contributed by atoms with Crippen molar-refractivity contribution in [3.63, 3.8) is 0 Å². The standard InChI is InChI=1S/C22H27ClN4O4SSi/c1-22(2,3)33(4,5)15-31-19-13-14-27(25-19)18-12-11-17(20(23)24-18)21(28)26-32(29,30)16-9-7-6-8-10-16/h6-14H,15H2,1-5H3,(H,26,28). The van der Waals surface area contributed by atoms with Gasteiger partial charge in [-0.2, -0.15) is 0 Å². The quantitative estimate of drug-likeness (QED) is 0.374. The molecule has 2 heterocycles. The van der Waals surface area contributed by atoms with Crippen LogP contribution in [-0.4, -0.2) is 43.4 Å². The van der Waals surface area contributed by atoms with Crippen LogP contribution in [0, 0.1) is 0 Å². The molecule has 11 heteroatoms. The minimum Gasteiger partial charge on any atom is -0.480 e. The fraction of sp³-hybridized carbons (Fsp3) is 0.318. The van der Waals surface area contributed by atoms with Crippen molar-refractivity contribution in [3.05, 3.63) is 65.4 Å². The van der Waals surface area contributed by atoms with Gasteiger partial charge in [0.2, 0.25) is 5.88 Å². The number of carbonyl (C=O) groups excluding carboxylic acids is 1. The Kier molecular flexibility index (Phi) is 7.01. The topological polar surface area (TPSA) is 103 Å². The minimum absolute atomic E-state index is 0.0270. The summed E-state index contributed by atoms with van der Waals surface area (Å²) in [5.74, 6) is -0.0417. The van der Waals surface area contributed by atoms with E-state index in [-0.39, 0.29) is 20.7 Å². The first-order valence-corrected chi connectivity index (χ1v) is 15.3. The van der Waals surface area contributed by atoms with E-state index in [2.05, 4.69) is 43.9 Å². The van der Waals surface area contributed by atoms with Gasteiger partial charge >= 0.3 is 0 Å². The van der Waals surface area contributed by atoms with Crippen molar-refractivity contribution >= 4 is 35.6 Å². The first-order chi connectivity index (χ1) is 15.3. The van der Waals surface area contributed by atoms with Crippen LogP contribution in [0.4, 0.5) is 0 Å². The number of carbonyl (C=O) groups is 1. The molecule has 0 atom stereocenters. The van der Waals surface area contributed by atoms with E-state index in [1.54, 1.807) is 30.5 Å². The second-order valence-electron chi connectivity index (χ2n) is 9.28. The maximum atomic E-state index is 12.5. The average molecular weight is 507 g/mol. The van der Waals surface area contributed by atoms with Gasteiger partial charge in [0, 0.05) is 12.3 Å². The Hall–Kier alpha value is -2.69. The molecular weight excluding hydrogens is 480 g/mol. The Morgan fingerprint density at radius 3 is 2.39 bits per heavy atom. The highest BCUT2D eigenvalue weighted by Crippen LogP contribution is 2.36. The predicted molar refractivity (Wildman–Crippen MR) is 130 cm³/mol. The van der Waals surface area contributed by atoms with Gasteiger partial charge in [-0.3, -0.25) is 4.79 Å². The van der Waals surface area contributed by atoms with Gasteiger partial charge in [0.25, 0.3) is 15.9 Å². The highest BCUT2D eigenvalue weighted by Gasteiger charge is 2.36. The van der Waals surface area contributed by atoms with Crippen molar-refractivity contribution < 1.29 is 17.9 Å². The van der Waals surface area contributed by atoms with E-state index in [0.29, 0.717) is 17.9 Å². The summed E-state index contributed by atoms with van der Waals surface area (Å²) in [4.78, 5) is 16.7. The molecule has 0 aliphatic rings. The van der Waals surface area contributed by atoms with Gasteiger partial charge in [0.1, 0.15) is 5.15 Å². The number of aromatic nitrogens is 3. The molecule has 0 saturated heterocycles. The first-order valence-electron chi connectivity index (χ1n) is 10.3. The SMILES string of the molecule is CC(C)(C)[Si](C)(C)COc1ccn(-c2ccc(C(=O)NS(=O)(=O)c3ccccc3)c(Cl)n2)n1. The molecule has 3 rings (SSSR count). The zero-order chi connectivity index (χ0) is 24.4. The number of sulfonamides is 1. The summed E-state index contributed by atoms with van der Waals surface area (Å²) < 4.78 is 34.2. The molecule has 0 fully saturated rings. The number of hydrogen-bond acceptors (Lipinski definition) is 6. The van der Waals surface area contributed by atoms with E-state index in [0.717, 1.165) is 0 Å². The third-order valence-corrected chi connectivity index (χ3v) is 12.3. The molecule has 1 amide bonds. The van der Waals surface area contributed by atoms with E-state index >= 15 is 0 Å². The molecule has 1 N–H and O–H groups in total. The van der Waals surface area contributed by atoms with Crippen LogP contribution >= 0.6 is 11.6 Å². The molecule has 0 radical (unpaired) electrons. The van der Waals surface area contributed by atoms with Gasteiger partial charge in [0.15, 0.2) is 5.82 Å². The van der Waals surface area contributed by atoms with Gasteiger partial charge < -0.3 is 4.74 Å². The molecule has 0 aliphatic heterocycles. The lowest BCUT2D eigenvalue weighted by atomic mass is 10.2. The summed E-state index contributed by atoms with van der Waals surface area (Å²) in [6.07, 6.45) is 2.30. The highest BCUT2D eigenvalue weighted by molar-refractivity contribution is 7.90. The van der Waals surface area contributed by atoms with Crippen LogP contribution in [-0.2, 0) is 10.0 Å². The van der Waals surface area contributed by atoms with Crippen LogP contribution in [0.5, 0.6) is 5.88 Å². The number of ether oxygens (including phenoxy) is 1. The first kappa shape index (κ1) is 24.9. The van der Waals surface area contributed by atoms with Crippen LogP contribution in [0.1, 0.15) is 31.1 Å². The number of halogens is 1. The fourth-order valence-electron chi connectivity index (χ4n) is 2.54. The lowest BCUT2D eigenvalue weighted by molar-refractivity contribution is 0.0981. The smallest absolute Gasteiger partial charge is 0.268 e. The number of benzene rings is 1. The molecule has 33 heavy (non-hydrogen) atoms. The van der Waals surface area contributed by atoms with Gasteiger partial charge in [-0.1, -0.05) is 63.7 Å². The summed E-state index contributed by atoms with van der Waals surface area (Å²) in [6, 6.07) is 12.3. The van der Waals surface area contributed by atoms with Crippen LogP contribution < -0.4 is 9.46 Å². The fourth-order valence-corrected chi connectivity index (χ4v) is 4.70. The number of hydrogen-bond donors (Lipinski definition) is 1. The van der Waals surface area contributed by atoms with Crippen molar-refractivity contribution in [1.29, 1.82) is 0 Å². The molecule has 0 aliphatic carbocycles. The normalized spacial score (nSPS) is 12.4. The number of rotatable bonds is 7. The van der Waals surface area contributed by atoms with Gasteiger partial charge in [0.05, 0.1) is 24.8 Å². The van der Waals surface area contributed by atoms with Gasteiger partial charge in [-0.05, 0) is 29.3 Å². The summed E-state index contributed by atoms with van der Waals surface area (Å²) in [6.45, 7) is 11.2. The Labute approximate surface area is 200 Å². The Morgan fingerprint density at radius 1 is 1.12 bits per heavy atom.